The van der Waals surface area contributed by atoms with Crippen LogP contribution in [0.3, 0.4) is 0 Å². The fraction of sp³-hybridized carbons (Fsp3) is 1.00. The fourth-order valence-corrected chi connectivity index (χ4v) is 3.96. The topological polar surface area (TPSA) is 149 Å². The van der Waals surface area contributed by atoms with E-state index in [1.165, 1.54) is 12.8 Å². The molecule has 0 unspecified atom stereocenters. The molecule has 2 aliphatic carbocycles. The van der Waals surface area contributed by atoms with Gasteiger partial charge in [-0.15, -0.1) is 0 Å². The lowest BCUT2D eigenvalue weighted by Gasteiger charge is -2.55. The molecule has 4 N–H and O–H groups in total. The van der Waals surface area contributed by atoms with E-state index in [1.807, 2.05) is 0 Å². The molecule has 0 spiro atoms. The van der Waals surface area contributed by atoms with E-state index in [4.69, 9.17) is 9.11 Å². The molecular formula is C17H36O8S2. The first-order valence-corrected chi connectivity index (χ1v) is 12.9. The normalized spacial score (nSPS) is 22.5. The molecule has 0 amide bonds. The zero-order chi connectivity index (χ0) is 21.6. The molecule has 0 aromatic heterocycles. The summed E-state index contributed by atoms with van der Waals surface area (Å²) in [6, 6.07) is 0. The zero-order valence-corrected chi connectivity index (χ0v) is 18.4. The van der Waals surface area contributed by atoms with Gasteiger partial charge in [-0.05, 0) is 25.7 Å². The lowest BCUT2D eigenvalue weighted by atomic mass is 9.56. The Bertz CT molecular complexity index is 568. The molecule has 8 nitrogen and oxygen atoms in total. The third-order valence-corrected chi connectivity index (χ3v) is 5.69. The average molecular weight is 433 g/mol. The number of hydrogen-bond donors (Lipinski definition) is 4. The van der Waals surface area contributed by atoms with E-state index in [1.54, 1.807) is 0 Å². The molecule has 0 aliphatic heterocycles. The summed E-state index contributed by atoms with van der Waals surface area (Å²) in [5.74, 6) is 0. The van der Waals surface area contributed by atoms with Crippen LogP contribution in [0, 0.1) is 5.41 Å². The molecule has 0 atom stereocenters. The van der Waals surface area contributed by atoms with Crippen LogP contribution >= 0.6 is 0 Å². The van der Waals surface area contributed by atoms with Gasteiger partial charge in [-0.1, -0.05) is 52.4 Å². The third-order valence-electron chi connectivity index (χ3n) is 5.69. The minimum absolute atomic E-state index is 0.374. The molecule has 0 heterocycles. The van der Waals surface area contributed by atoms with Crippen LogP contribution < -0.4 is 0 Å². The lowest BCUT2D eigenvalue weighted by molar-refractivity contribution is -0.203. The highest BCUT2D eigenvalue weighted by Gasteiger charge is 2.55. The van der Waals surface area contributed by atoms with Crippen molar-refractivity contribution in [3.05, 3.63) is 0 Å². The van der Waals surface area contributed by atoms with Crippen LogP contribution in [0.4, 0.5) is 0 Å². The zero-order valence-electron chi connectivity index (χ0n) is 16.8. The molecule has 10 heteroatoms. The largest absolute Gasteiger partial charge is 0.389 e. The first kappa shape index (κ1) is 26.7. The van der Waals surface area contributed by atoms with Crippen molar-refractivity contribution in [3.8, 4) is 0 Å². The van der Waals surface area contributed by atoms with Crippen molar-refractivity contribution in [2.45, 2.75) is 89.3 Å². The molecule has 0 bridgehead atoms. The Morgan fingerprint density at radius 1 is 0.630 bits per heavy atom. The van der Waals surface area contributed by atoms with Crippen molar-refractivity contribution in [2.24, 2.45) is 5.41 Å². The van der Waals surface area contributed by atoms with Crippen LogP contribution in [0.2, 0.25) is 0 Å². The standard InChI is InChI=1S/C15H28O2.2CH4O3S/c1-13(2,14(16)9-5-3-6-10-14)15(17)11-7-4-8-12-15;2*1-5(2,3)4/h16-17H,3-12H2,1-2H3;2*1H3,(H,2,3,4). The summed E-state index contributed by atoms with van der Waals surface area (Å²) in [4.78, 5) is 0. The van der Waals surface area contributed by atoms with Crippen LogP contribution in [-0.4, -0.2) is 59.9 Å². The van der Waals surface area contributed by atoms with Crippen molar-refractivity contribution in [1.82, 2.24) is 0 Å². The molecule has 2 saturated carbocycles. The van der Waals surface area contributed by atoms with Gasteiger partial charge in [-0.2, -0.15) is 16.8 Å². The van der Waals surface area contributed by atoms with Crippen LogP contribution in [-0.2, 0) is 20.2 Å². The number of aliphatic hydroxyl groups is 2. The Balaban J connectivity index is 0.000000563. The van der Waals surface area contributed by atoms with E-state index in [2.05, 4.69) is 13.8 Å². The predicted octanol–water partition coefficient (Wildman–Crippen LogP) is 2.41. The molecule has 2 aliphatic rings. The Labute approximate surface area is 163 Å². The summed E-state index contributed by atoms with van der Waals surface area (Å²) in [6.45, 7) is 4.17. The highest BCUT2D eigenvalue weighted by molar-refractivity contribution is 7.85. The van der Waals surface area contributed by atoms with Gasteiger partial charge in [0, 0.05) is 5.41 Å². The minimum atomic E-state index is -3.67. The summed E-state index contributed by atoms with van der Waals surface area (Å²) in [6.07, 6.45) is 11.8. The van der Waals surface area contributed by atoms with Crippen LogP contribution in [0.1, 0.15) is 78.1 Å². The highest BCUT2D eigenvalue weighted by Crippen LogP contribution is 2.53. The van der Waals surface area contributed by atoms with Gasteiger partial charge in [0.2, 0.25) is 0 Å². The second-order valence-electron chi connectivity index (χ2n) is 8.28. The fourth-order valence-electron chi connectivity index (χ4n) is 3.96. The van der Waals surface area contributed by atoms with Gasteiger partial charge in [-0.25, -0.2) is 0 Å². The maximum absolute atomic E-state index is 11.0. The molecule has 0 saturated heterocycles. The Kier molecular flexibility index (Phi) is 9.88. The molecule has 0 radical (unpaired) electrons. The third kappa shape index (κ3) is 10.2. The predicted molar refractivity (Wildman–Crippen MR) is 105 cm³/mol. The summed E-state index contributed by atoms with van der Waals surface area (Å²) in [5.41, 5.74) is -1.68. The van der Waals surface area contributed by atoms with Gasteiger partial charge >= 0.3 is 0 Å². The molecular weight excluding hydrogens is 396 g/mol. The van der Waals surface area contributed by atoms with Crippen LogP contribution in [0.15, 0.2) is 0 Å². The number of rotatable bonds is 2. The maximum atomic E-state index is 11.0. The van der Waals surface area contributed by atoms with E-state index in [0.29, 0.717) is 12.5 Å². The summed E-state index contributed by atoms with van der Waals surface area (Å²) in [5, 5.41) is 21.9. The van der Waals surface area contributed by atoms with Crippen molar-refractivity contribution in [3.63, 3.8) is 0 Å². The van der Waals surface area contributed by atoms with Crippen molar-refractivity contribution in [1.29, 1.82) is 0 Å². The molecule has 27 heavy (non-hydrogen) atoms. The first-order chi connectivity index (χ1) is 11.9. The number of hydrogen-bond acceptors (Lipinski definition) is 6. The van der Waals surface area contributed by atoms with Gasteiger partial charge in [0.25, 0.3) is 20.2 Å². The smallest absolute Gasteiger partial charge is 0.261 e. The van der Waals surface area contributed by atoms with Gasteiger partial charge in [0.1, 0.15) is 0 Å². The Hall–Kier alpha value is -0.260. The highest BCUT2D eigenvalue weighted by atomic mass is 32.2. The lowest BCUT2D eigenvalue weighted by Crippen LogP contribution is -2.60. The molecule has 0 aromatic rings. The molecule has 2 fully saturated rings. The van der Waals surface area contributed by atoms with E-state index < -0.39 is 31.4 Å². The summed E-state index contributed by atoms with van der Waals surface area (Å²) in [7, 11) is -7.33. The second kappa shape index (κ2) is 9.98. The minimum Gasteiger partial charge on any atom is -0.389 e. The Morgan fingerprint density at radius 3 is 1.00 bits per heavy atom. The van der Waals surface area contributed by atoms with Crippen molar-refractivity contribution in [2.75, 3.05) is 12.5 Å². The van der Waals surface area contributed by atoms with Crippen LogP contribution in [0.5, 0.6) is 0 Å². The van der Waals surface area contributed by atoms with Crippen molar-refractivity contribution >= 4 is 20.2 Å². The van der Waals surface area contributed by atoms with E-state index in [9.17, 15) is 27.0 Å². The summed E-state index contributed by atoms with van der Waals surface area (Å²) < 4.78 is 51.7. The second-order valence-corrected chi connectivity index (χ2v) is 11.2. The van der Waals surface area contributed by atoms with E-state index >= 15 is 0 Å². The van der Waals surface area contributed by atoms with Crippen LogP contribution in [0.25, 0.3) is 0 Å². The maximum Gasteiger partial charge on any atom is 0.261 e. The van der Waals surface area contributed by atoms with Crippen molar-refractivity contribution < 1.29 is 36.2 Å². The van der Waals surface area contributed by atoms with Gasteiger partial charge < -0.3 is 10.2 Å². The first-order valence-electron chi connectivity index (χ1n) is 9.21. The summed E-state index contributed by atoms with van der Waals surface area (Å²) >= 11 is 0. The van der Waals surface area contributed by atoms with Gasteiger partial charge in [0.05, 0.1) is 23.7 Å². The average Bonchev–Trinajstić information content (AvgIpc) is 2.45. The SMILES string of the molecule is CC(C)(C1(O)CCCCC1)C1(O)CCCCC1.CS(=O)(=O)O.CS(=O)(=O)O. The van der Waals surface area contributed by atoms with E-state index in [-0.39, 0.29) is 5.41 Å². The molecule has 0 aromatic carbocycles. The monoisotopic (exact) mass is 432 g/mol. The van der Waals surface area contributed by atoms with E-state index in [0.717, 1.165) is 51.4 Å². The quantitative estimate of drug-likeness (QED) is 0.486. The van der Waals surface area contributed by atoms with Gasteiger partial charge in [0.15, 0.2) is 0 Å². The molecule has 164 valence electrons. The van der Waals surface area contributed by atoms with Gasteiger partial charge in [-0.3, -0.25) is 9.11 Å². The Morgan fingerprint density at radius 2 is 0.815 bits per heavy atom. The molecule has 2 rings (SSSR count).